The molecule has 1 heterocycles. The summed E-state index contributed by atoms with van der Waals surface area (Å²) in [4.78, 5) is 18.5. The number of amides is 1. The standard InChI is InChI=1S/C20H21N3O4/c1-15-21-19(22-27-15)14-26-18-11-7-6-10-17(18)20(24)23(2)12-13-25-16-8-4-3-5-9-16/h3-11H,12-14H2,1-2H3. The zero-order valence-electron chi connectivity index (χ0n) is 15.3. The number of hydrogen-bond acceptors (Lipinski definition) is 6. The average molecular weight is 367 g/mol. The van der Waals surface area contributed by atoms with Crippen LogP contribution >= 0.6 is 0 Å². The molecule has 2 aromatic carbocycles. The number of carbonyl (C=O) groups excluding carboxylic acids is 1. The number of hydrogen-bond donors (Lipinski definition) is 0. The minimum Gasteiger partial charge on any atom is -0.492 e. The van der Waals surface area contributed by atoms with E-state index in [4.69, 9.17) is 14.0 Å². The number of rotatable bonds is 8. The number of para-hydroxylation sites is 2. The molecule has 0 fully saturated rings. The van der Waals surface area contributed by atoms with Gasteiger partial charge in [0.05, 0.1) is 12.1 Å². The zero-order chi connectivity index (χ0) is 19.1. The van der Waals surface area contributed by atoms with E-state index in [1.807, 2.05) is 36.4 Å². The summed E-state index contributed by atoms with van der Waals surface area (Å²) in [5.74, 6) is 2.00. The lowest BCUT2D eigenvalue weighted by molar-refractivity contribution is 0.0768. The fourth-order valence-electron chi connectivity index (χ4n) is 2.44. The minimum atomic E-state index is -0.147. The van der Waals surface area contributed by atoms with Crippen LogP contribution in [-0.2, 0) is 6.61 Å². The lowest BCUT2D eigenvalue weighted by Gasteiger charge is -2.19. The third-order valence-electron chi connectivity index (χ3n) is 3.83. The lowest BCUT2D eigenvalue weighted by Crippen LogP contribution is -2.31. The van der Waals surface area contributed by atoms with E-state index < -0.39 is 0 Å². The maximum Gasteiger partial charge on any atom is 0.257 e. The number of aromatic nitrogens is 2. The van der Waals surface area contributed by atoms with Crippen LogP contribution in [0, 0.1) is 6.92 Å². The Morgan fingerprint density at radius 1 is 1.07 bits per heavy atom. The van der Waals surface area contributed by atoms with Crippen molar-refractivity contribution in [1.29, 1.82) is 0 Å². The molecular formula is C20H21N3O4. The molecule has 7 nitrogen and oxygen atoms in total. The van der Waals surface area contributed by atoms with Gasteiger partial charge in [0.25, 0.3) is 5.91 Å². The van der Waals surface area contributed by atoms with Gasteiger partial charge in [0.2, 0.25) is 11.7 Å². The molecule has 0 aliphatic carbocycles. The molecule has 1 aromatic heterocycles. The summed E-state index contributed by atoms with van der Waals surface area (Å²) in [6, 6.07) is 16.6. The summed E-state index contributed by atoms with van der Waals surface area (Å²) >= 11 is 0. The highest BCUT2D eigenvalue weighted by molar-refractivity contribution is 5.96. The Bertz CT molecular complexity index is 880. The number of benzene rings is 2. The van der Waals surface area contributed by atoms with Crippen LogP contribution in [0.1, 0.15) is 22.1 Å². The second-order valence-corrected chi connectivity index (χ2v) is 5.90. The van der Waals surface area contributed by atoms with Gasteiger partial charge < -0.3 is 18.9 Å². The van der Waals surface area contributed by atoms with Gasteiger partial charge in [-0.05, 0) is 24.3 Å². The molecule has 3 rings (SSSR count). The van der Waals surface area contributed by atoms with Crippen LogP contribution in [0.5, 0.6) is 11.5 Å². The first kappa shape index (κ1) is 18.4. The molecule has 0 aliphatic heterocycles. The van der Waals surface area contributed by atoms with Crippen LogP contribution < -0.4 is 9.47 Å². The number of nitrogens with zero attached hydrogens (tertiary/aromatic N) is 3. The van der Waals surface area contributed by atoms with Crippen molar-refractivity contribution in [2.45, 2.75) is 13.5 Å². The maximum atomic E-state index is 12.8. The Balaban J connectivity index is 1.58. The van der Waals surface area contributed by atoms with E-state index in [0.29, 0.717) is 36.2 Å². The maximum absolute atomic E-state index is 12.8. The molecule has 0 saturated carbocycles. The van der Waals surface area contributed by atoms with Crippen molar-refractivity contribution in [3.05, 3.63) is 71.9 Å². The largest absolute Gasteiger partial charge is 0.492 e. The van der Waals surface area contributed by atoms with Crippen molar-refractivity contribution in [3.8, 4) is 11.5 Å². The van der Waals surface area contributed by atoms with E-state index in [0.717, 1.165) is 5.75 Å². The second-order valence-electron chi connectivity index (χ2n) is 5.90. The third kappa shape index (κ3) is 5.07. The Kier molecular flexibility index (Phi) is 6.04. The van der Waals surface area contributed by atoms with Crippen LogP contribution in [0.4, 0.5) is 0 Å². The first-order chi connectivity index (χ1) is 13.1. The van der Waals surface area contributed by atoms with Crippen LogP contribution in [0.2, 0.25) is 0 Å². The minimum absolute atomic E-state index is 0.127. The van der Waals surface area contributed by atoms with Crippen LogP contribution in [0.25, 0.3) is 0 Å². The Hall–Kier alpha value is -3.35. The summed E-state index contributed by atoms with van der Waals surface area (Å²) < 4.78 is 16.3. The van der Waals surface area contributed by atoms with E-state index in [9.17, 15) is 4.79 Å². The van der Waals surface area contributed by atoms with Crippen molar-refractivity contribution >= 4 is 5.91 Å². The molecule has 0 aliphatic rings. The molecule has 1 amide bonds. The Labute approximate surface area is 157 Å². The topological polar surface area (TPSA) is 77.7 Å². The smallest absolute Gasteiger partial charge is 0.257 e. The highest BCUT2D eigenvalue weighted by Crippen LogP contribution is 2.20. The van der Waals surface area contributed by atoms with E-state index in [-0.39, 0.29) is 12.5 Å². The van der Waals surface area contributed by atoms with Crippen molar-refractivity contribution < 1.29 is 18.8 Å². The predicted octanol–water partition coefficient (Wildman–Crippen LogP) is 3.11. The molecule has 140 valence electrons. The molecule has 0 saturated heterocycles. The van der Waals surface area contributed by atoms with Crippen molar-refractivity contribution in [2.24, 2.45) is 0 Å². The molecule has 0 N–H and O–H groups in total. The molecular weight excluding hydrogens is 346 g/mol. The van der Waals surface area contributed by atoms with E-state index in [2.05, 4.69) is 10.1 Å². The number of carbonyl (C=O) groups is 1. The summed E-state index contributed by atoms with van der Waals surface area (Å²) in [5, 5.41) is 3.79. The predicted molar refractivity (Wildman–Crippen MR) is 98.7 cm³/mol. The average Bonchev–Trinajstić information content (AvgIpc) is 3.12. The molecule has 0 bridgehead atoms. The molecule has 3 aromatic rings. The zero-order valence-corrected chi connectivity index (χ0v) is 15.3. The van der Waals surface area contributed by atoms with E-state index >= 15 is 0 Å². The molecule has 0 unspecified atom stereocenters. The van der Waals surface area contributed by atoms with Gasteiger partial charge in [-0.15, -0.1) is 0 Å². The Morgan fingerprint density at radius 3 is 2.56 bits per heavy atom. The van der Waals surface area contributed by atoms with Gasteiger partial charge in [-0.1, -0.05) is 35.5 Å². The van der Waals surface area contributed by atoms with Gasteiger partial charge in [-0.2, -0.15) is 4.98 Å². The summed E-state index contributed by atoms with van der Waals surface area (Å²) in [5.41, 5.74) is 0.472. The summed E-state index contributed by atoms with van der Waals surface area (Å²) in [6.45, 7) is 2.69. The van der Waals surface area contributed by atoms with Crippen LogP contribution in [0.3, 0.4) is 0 Å². The molecule has 0 atom stereocenters. The summed E-state index contributed by atoms with van der Waals surface area (Å²) in [6.07, 6.45) is 0. The Morgan fingerprint density at radius 2 is 1.81 bits per heavy atom. The van der Waals surface area contributed by atoms with Gasteiger partial charge in [-0.25, -0.2) is 0 Å². The molecule has 0 radical (unpaired) electrons. The number of likely N-dealkylation sites (N-methyl/N-ethyl adjacent to an activating group) is 1. The monoisotopic (exact) mass is 367 g/mol. The highest BCUT2D eigenvalue weighted by Gasteiger charge is 2.17. The highest BCUT2D eigenvalue weighted by atomic mass is 16.5. The van der Waals surface area contributed by atoms with Crippen molar-refractivity contribution in [2.75, 3.05) is 20.2 Å². The fourth-order valence-corrected chi connectivity index (χ4v) is 2.44. The first-order valence-corrected chi connectivity index (χ1v) is 8.58. The van der Waals surface area contributed by atoms with Crippen molar-refractivity contribution in [1.82, 2.24) is 15.0 Å². The van der Waals surface area contributed by atoms with Crippen LogP contribution in [0.15, 0.2) is 59.1 Å². The summed E-state index contributed by atoms with van der Waals surface area (Å²) in [7, 11) is 1.73. The van der Waals surface area contributed by atoms with Crippen LogP contribution in [-0.4, -0.2) is 41.1 Å². The van der Waals surface area contributed by atoms with Gasteiger partial charge in [0, 0.05) is 14.0 Å². The SMILES string of the molecule is Cc1nc(COc2ccccc2C(=O)N(C)CCOc2ccccc2)no1. The van der Waals surface area contributed by atoms with Gasteiger partial charge in [0.15, 0.2) is 6.61 Å². The third-order valence-corrected chi connectivity index (χ3v) is 3.83. The second kappa shape index (κ2) is 8.84. The molecule has 27 heavy (non-hydrogen) atoms. The first-order valence-electron chi connectivity index (χ1n) is 8.58. The molecule has 7 heteroatoms. The lowest BCUT2D eigenvalue weighted by atomic mass is 10.2. The fraction of sp³-hybridized carbons (Fsp3) is 0.250. The molecule has 0 spiro atoms. The van der Waals surface area contributed by atoms with Gasteiger partial charge in [-0.3, -0.25) is 4.79 Å². The van der Waals surface area contributed by atoms with Gasteiger partial charge >= 0.3 is 0 Å². The normalized spacial score (nSPS) is 10.4. The van der Waals surface area contributed by atoms with E-state index in [1.165, 1.54) is 0 Å². The van der Waals surface area contributed by atoms with Crippen molar-refractivity contribution in [3.63, 3.8) is 0 Å². The number of ether oxygens (including phenoxy) is 2. The number of aryl methyl sites for hydroxylation is 1. The van der Waals surface area contributed by atoms with Gasteiger partial charge in [0.1, 0.15) is 18.1 Å². The van der Waals surface area contributed by atoms with E-state index in [1.54, 1.807) is 37.1 Å². The quantitative estimate of drug-likeness (QED) is 0.609.